The van der Waals surface area contributed by atoms with Crippen LogP contribution < -0.4 is 15.5 Å². The molecule has 1 aliphatic heterocycles. The first kappa shape index (κ1) is 21.1. The van der Waals surface area contributed by atoms with Crippen LogP contribution >= 0.6 is 27.3 Å². The summed E-state index contributed by atoms with van der Waals surface area (Å²) in [5.74, 6) is 0.137. The number of nitrogens with one attached hydrogen (secondary N) is 2. The van der Waals surface area contributed by atoms with Gasteiger partial charge in [-0.2, -0.15) is 13.2 Å². The molecule has 166 valence electrons. The zero-order valence-corrected chi connectivity index (χ0v) is 18.7. The quantitative estimate of drug-likeness (QED) is 0.519. The van der Waals surface area contributed by atoms with Crippen LogP contribution in [0.4, 0.5) is 28.9 Å². The van der Waals surface area contributed by atoms with Crippen LogP contribution in [0.5, 0.6) is 0 Å². The maximum atomic E-state index is 13.2. The third-order valence-corrected chi connectivity index (χ3v) is 7.04. The summed E-state index contributed by atoms with van der Waals surface area (Å²) in [5.41, 5.74) is 0.158. The van der Waals surface area contributed by atoms with E-state index in [9.17, 15) is 18.0 Å². The average Bonchev–Trinajstić information content (AvgIpc) is 3.13. The van der Waals surface area contributed by atoms with Crippen molar-refractivity contribution >= 4 is 44.2 Å². The van der Waals surface area contributed by atoms with Crippen LogP contribution in [0.25, 0.3) is 10.6 Å². The van der Waals surface area contributed by atoms with Crippen LogP contribution in [0.15, 0.2) is 47.1 Å². The minimum atomic E-state index is -4.45. The molecule has 2 fully saturated rings. The van der Waals surface area contributed by atoms with Crippen molar-refractivity contribution in [2.45, 2.75) is 12.2 Å². The molecule has 0 unspecified atom stereocenters. The number of amides is 2. The summed E-state index contributed by atoms with van der Waals surface area (Å²) < 4.78 is 40.7. The largest absolute Gasteiger partial charge is 0.419 e. The molecule has 2 aromatic heterocycles. The molecule has 5 rings (SSSR count). The fourth-order valence-corrected chi connectivity index (χ4v) is 5.06. The lowest BCUT2D eigenvalue weighted by atomic mass is 10.2. The van der Waals surface area contributed by atoms with Crippen molar-refractivity contribution in [2.24, 2.45) is 11.8 Å². The molecule has 12 heteroatoms. The molecular formula is C20H16BrF3N6OS. The third-order valence-electron chi connectivity index (χ3n) is 5.62. The number of carbonyl (C=O) groups excluding carboxylic acids is 1. The first-order chi connectivity index (χ1) is 15.3. The van der Waals surface area contributed by atoms with Crippen LogP contribution in [0.2, 0.25) is 0 Å². The zero-order chi connectivity index (χ0) is 22.5. The fourth-order valence-electron chi connectivity index (χ4n) is 4.05. The van der Waals surface area contributed by atoms with Gasteiger partial charge in [-0.3, -0.25) is 5.32 Å². The Morgan fingerprint density at radius 1 is 1.12 bits per heavy atom. The van der Waals surface area contributed by atoms with Gasteiger partial charge in [0, 0.05) is 47.2 Å². The van der Waals surface area contributed by atoms with E-state index in [0.717, 1.165) is 16.1 Å². The molecule has 0 radical (unpaired) electrons. The second-order valence-electron chi connectivity index (χ2n) is 7.65. The average molecular weight is 525 g/mol. The third kappa shape index (κ3) is 4.16. The summed E-state index contributed by atoms with van der Waals surface area (Å²) in [6, 6.07) is 9.44. The number of benzene rings is 1. The van der Waals surface area contributed by atoms with Crippen LogP contribution in [-0.4, -0.2) is 40.3 Å². The highest BCUT2D eigenvalue weighted by molar-refractivity contribution is 9.10. The van der Waals surface area contributed by atoms with Gasteiger partial charge in [0.25, 0.3) is 0 Å². The van der Waals surface area contributed by atoms with Gasteiger partial charge in [0.1, 0.15) is 10.8 Å². The lowest BCUT2D eigenvalue weighted by Crippen LogP contribution is -2.37. The standard InChI is InChI=1S/C20H16BrF3N6OS/c21-11-5-3-10(4-6-11)17-28-29-19(32-17)27-18(31)26-15-12-8-30(9-13(12)15)16-14(20(22,23)24)2-1-7-25-16/h1-7,12-13,15H,8-9H2,(H2,26,27,29,31)/t12-,13+,15+. The lowest BCUT2D eigenvalue weighted by Gasteiger charge is -2.24. The minimum absolute atomic E-state index is 0.0512. The predicted octanol–water partition coefficient (Wildman–Crippen LogP) is 4.64. The second kappa shape index (κ2) is 8.00. The van der Waals surface area contributed by atoms with Gasteiger partial charge in [-0.1, -0.05) is 39.4 Å². The monoisotopic (exact) mass is 524 g/mol. The number of alkyl halides is 3. The van der Waals surface area contributed by atoms with Crippen molar-refractivity contribution in [3.8, 4) is 10.6 Å². The Balaban J connectivity index is 1.16. The molecule has 2 aliphatic rings. The van der Waals surface area contributed by atoms with E-state index in [1.54, 1.807) is 4.90 Å². The van der Waals surface area contributed by atoms with E-state index in [2.05, 4.69) is 41.7 Å². The summed E-state index contributed by atoms with van der Waals surface area (Å²) in [6.45, 7) is 0.838. The Morgan fingerprint density at radius 3 is 2.53 bits per heavy atom. The molecule has 2 N–H and O–H groups in total. The van der Waals surface area contributed by atoms with Gasteiger partial charge >= 0.3 is 12.2 Å². The van der Waals surface area contributed by atoms with Crippen LogP contribution in [-0.2, 0) is 6.18 Å². The van der Waals surface area contributed by atoms with E-state index in [4.69, 9.17) is 0 Å². The van der Waals surface area contributed by atoms with Crippen LogP contribution in [0, 0.1) is 11.8 Å². The molecule has 2 amide bonds. The summed E-state index contributed by atoms with van der Waals surface area (Å²) in [7, 11) is 0. The van der Waals surface area contributed by atoms with Gasteiger partial charge in [0.05, 0.1) is 5.56 Å². The van der Waals surface area contributed by atoms with Crippen molar-refractivity contribution in [3.63, 3.8) is 0 Å². The van der Waals surface area contributed by atoms with Gasteiger partial charge in [-0.05, 0) is 24.3 Å². The lowest BCUT2D eigenvalue weighted by molar-refractivity contribution is -0.137. The number of hydrogen-bond acceptors (Lipinski definition) is 6. The molecule has 3 aromatic rings. The molecule has 1 saturated heterocycles. The van der Waals surface area contributed by atoms with Crippen LogP contribution in [0.3, 0.4) is 0 Å². The molecule has 0 spiro atoms. The number of urea groups is 1. The number of nitrogens with zero attached hydrogens (tertiary/aromatic N) is 4. The summed E-state index contributed by atoms with van der Waals surface area (Å²) in [6.07, 6.45) is -3.09. The summed E-state index contributed by atoms with van der Waals surface area (Å²) in [4.78, 5) is 17.9. The van der Waals surface area contributed by atoms with E-state index >= 15 is 0 Å². The number of pyridine rings is 1. The summed E-state index contributed by atoms with van der Waals surface area (Å²) in [5, 5.41) is 14.7. The van der Waals surface area contributed by atoms with Crippen molar-refractivity contribution in [1.82, 2.24) is 20.5 Å². The molecule has 3 atom stereocenters. The normalized spacial score (nSPS) is 21.9. The molecule has 1 aliphatic carbocycles. The van der Waals surface area contributed by atoms with Crippen molar-refractivity contribution in [2.75, 3.05) is 23.3 Å². The molecule has 3 heterocycles. The van der Waals surface area contributed by atoms with Gasteiger partial charge in [0.15, 0.2) is 0 Å². The first-order valence-corrected chi connectivity index (χ1v) is 11.3. The molecule has 7 nitrogen and oxygen atoms in total. The van der Waals surface area contributed by atoms with E-state index in [1.165, 1.54) is 23.6 Å². The van der Waals surface area contributed by atoms with Gasteiger partial charge in [-0.25, -0.2) is 9.78 Å². The number of piperidine rings is 1. The minimum Gasteiger partial charge on any atom is -0.355 e. The zero-order valence-electron chi connectivity index (χ0n) is 16.3. The topological polar surface area (TPSA) is 83.0 Å². The highest BCUT2D eigenvalue weighted by atomic mass is 79.9. The number of hydrogen-bond donors (Lipinski definition) is 2. The maximum Gasteiger partial charge on any atom is 0.419 e. The molecule has 32 heavy (non-hydrogen) atoms. The first-order valence-electron chi connectivity index (χ1n) is 9.74. The molecular weight excluding hydrogens is 509 g/mol. The Kier molecular flexibility index (Phi) is 5.28. The van der Waals surface area contributed by atoms with E-state index in [-0.39, 0.29) is 23.7 Å². The highest BCUT2D eigenvalue weighted by Crippen LogP contribution is 2.48. The van der Waals surface area contributed by atoms with Crippen LogP contribution in [0.1, 0.15) is 5.56 Å². The van der Waals surface area contributed by atoms with E-state index in [0.29, 0.717) is 23.2 Å². The number of carbonyl (C=O) groups is 1. The summed E-state index contributed by atoms with van der Waals surface area (Å²) >= 11 is 4.64. The van der Waals surface area contributed by atoms with E-state index in [1.807, 2.05) is 24.3 Å². The molecule has 1 aromatic carbocycles. The maximum absolute atomic E-state index is 13.2. The Morgan fingerprint density at radius 2 is 1.84 bits per heavy atom. The number of rotatable bonds is 4. The highest BCUT2D eigenvalue weighted by Gasteiger charge is 2.57. The second-order valence-corrected chi connectivity index (χ2v) is 9.54. The predicted molar refractivity (Wildman–Crippen MR) is 117 cm³/mol. The number of anilines is 2. The molecule has 1 saturated carbocycles. The smallest absolute Gasteiger partial charge is 0.355 e. The molecule has 0 bridgehead atoms. The number of aromatic nitrogens is 3. The van der Waals surface area contributed by atoms with Crippen molar-refractivity contribution < 1.29 is 18.0 Å². The van der Waals surface area contributed by atoms with E-state index < -0.39 is 17.8 Å². The SMILES string of the molecule is O=C(Nc1nnc(-c2ccc(Br)cc2)s1)N[C@H]1[C@@H]2CN(c3ncccc3C(F)(F)F)C[C@@H]21. The Bertz CT molecular complexity index is 1140. The Labute approximate surface area is 193 Å². The Hall–Kier alpha value is -2.73. The number of halogens is 4. The van der Waals surface area contributed by atoms with Crippen molar-refractivity contribution in [1.29, 1.82) is 0 Å². The van der Waals surface area contributed by atoms with Gasteiger partial charge in [0.2, 0.25) is 5.13 Å². The van der Waals surface area contributed by atoms with Gasteiger partial charge < -0.3 is 10.2 Å². The van der Waals surface area contributed by atoms with Crippen molar-refractivity contribution in [3.05, 3.63) is 52.6 Å². The fraction of sp³-hybridized carbons (Fsp3) is 0.300. The number of fused-ring (bicyclic) bond motifs is 1. The van der Waals surface area contributed by atoms with Gasteiger partial charge in [-0.15, -0.1) is 10.2 Å².